The van der Waals surface area contributed by atoms with Crippen LogP contribution in [0.2, 0.25) is 0 Å². The first-order chi connectivity index (χ1) is 9.35. The Hall–Kier alpha value is -1.80. The minimum absolute atomic E-state index is 0.259. The SMILES string of the molecule is CCn1c2ccccc2c2cc(CCCO)ccc21. The highest BCUT2D eigenvalue weighted by atomic mass is 16.2. The first kappa shape index (κ1) is 12.2. The molecule has 0 fully saturated rings. The number of hydrogen-bond donors (Lipinski definition) is 1. The van der Waals surface area contributed by atoms with Crippen LogP contribution < -0.4 is 0 Å². The average molecular weight is 253 g/mol. The Kier molecular flexibility index (Phi) is 3.26. The third-order valence-electron chi connectivity index (χ3n) is 3.78. The van der Waals surface area contributed by atoms with E-state index in [-0.39, 0.29) is 6.61 Å². The maximum absolute atomic E-state index is 8.95. The van der Waals surface area contributed by atoms with Gasteiger partial charge < -0.3 is 9.67 Å². The summed E-state index contributed by atoms with van der Waals surface area (Å²) in [6.45, 7) is 3.43. The van der Waals surface area contributed by atoms with Crippen molar-refractivity contribution in [2.75, 3.05) is 6.61 Å². The lowest BCUT2D eigenvalue weighted by atomic mass is 10.1. The van der Waals surface area contributed by atoms with Gasteiger partial charge in [0.05, 0.1) is 0 Å². The molecule has 0 unspecified atom stereocenters. The van der Waals surface area contributed by atoms with Crippen LogP contribution >= 0.6 is 0 Å². The fourth-order valence-corrected chi connectivity index (χ4v) is 2.88. The van der Waals surface area contributed by atoms with E-state index >= 15 is 0 Å². The molecular weight excluding hydrogens is 234 g/mol. The molecule has 0 bridgehead atoms. The fourth-order valence-electron chi connectivity index (χ4n) is 2.88. The van der Waals surface area contributed by atoms with Gasteiger partial charge in [0, 0.05) is 35.0 Å². The molecule has 0 spiro atoms. The van der Waals surface area contributed by atoms with Crippen LogP contribution in [0, 0.1) is 0 Å². The van der Waals surface area contributed by atoms with E-state index in [1.54, 1.807) is 0 Å². The van der Waals surface area contributed by atoms with Gasteiger partial charge in [-0.1, -0.05) is 24.3 Å². The Morgan fingerprint density at radius 1 is 1.00 bits per heavy atom. The number of aliphatic hydroxyl groups excluding tert-OH is 1. The van der Waals surface area contributed by atoms with Gasteiger partial charge in [-0.3, -0.25) is 0 Å². The van der Waals surface area contributed by atoms with E-state index < -0.39 is 0 Å². The largest absolute Gasteiger partial charge is 0.396 e. The number of aliphatic hydroxyl groups is 1. The van der Waals surface area contributed by atoms with E-state index in [1.165, 1.54) is 27.4 Å². The Morgan fingerprint density at radius 3 is 2.58 bits per heavy atom. The number of benzene rings is 2. The normalized spacial score (nSPS) is 11.5. The van der Waals surface area contributed by atoms with Crippen molar-refractivity contribution >= 4 is 21.8 Å². The van der Waals surface area contributed by atoms with Crippen molar-refractivity contribution in [2.45, 2.75) is 26.3 Å². The highest BCUT2D eigenvalue weighted by Gasteiger charge is 2.09. The van der Waals surface area contributed by atoms with Crippen molar-refractivity contribution in [3.63, 3.8) is 0 Å². The van der Waals surface area contributed by atoms with Gasteiger partial charge in [0.2, 0.25) is 0 Å². The van der Waals surface area contributed by atoms with Crippen LogP contribution in [-0.2, 0) is 13.0 Å². The standard InChI is InChI=1S/C17H19NO/c1-2-18-16-8-4-3-7-14(16)15-12-13(6-5-11-19)9-10-17(15)18/h3-4,7-10,12,19H,2,5-6,11H2,1H3. The van der Waals surface area contributed by atoms with Crippen molar-refractivity contribution in [3.8, 4) is 0 Å². The number of para-hydroxylation sites is 1. The number of rotatable bonds is 4. The summed E-state index contributed by atoms with van der Waals surface area (Å²) in [6, 6.07) is 15.3. The van der Waals surface area contributed by atoms with Crippen molar-refractivity contribution in [3.05, 3.63) is 48.0 Å². The lowest BCUT2D eigenvalue weighted by Crippen LogP contribution is -1.93. The molecule has 0 aliphatic heterocycles. The highest BCUT2D eigenvalue weighted by molar-refractivity contribution is 6.08. The molecule has 2 aromatic carbocycles. The maximum Gasteiger partial charge on any atom is 0.0491 e. The fraction of sp³-hybridized carbons (Fsp3) is 0.294. The zero-order valence-corrected chi connectivity index (χ0v) is 11.3. The second-order valence-corrected chi connectivity index (χ2v) is 4.94. The van der Waals surface area contributed by atoms with E-state index in [9.17, 15) is 0 Å². The summed E-state index contributed by atoms with van der Waals surface area (Å²) in [7, 11) is 0. The number of aromatic nitrogens is 1. The topological polar surface area (TPSA) is 25.2 Å². The lowest BCUT2D eigenvalue weighted by Gasteiger charge is -2.04. The van der Waals surface area contributed by atoms with Crippen molar-refractivity contribution in [1.29, 1.82) is 0 Å². The summed E-state index contributed by atoms with van der Waals surface area (Å²) < 4.78 is 2.36. The summed E-state index contributed by atoms with van der Waals surface area (Å²) in [4.78, 5) is 0. The smallest absolute Gasteiger partial charge is 0.0491 e. The Balaban J connectivity index is 2.24. The molecular formula is C17H19NO. The van der Waals surface area contributed by atoms with E-state index in [4.69, 9.17) is 5.11 Å². The number of fused-ring (bicyclic) bond motifs is 3. The van der Waals surface area contributed by atoms with Gasteiger partial charge in [-0.25, -0.2) is 0 Å². The second-order valence-electron chi connectivity index (χ2n) is 4.94. The van der Waals surface area contributed by atoms with Gasteiger partial charge in [0.1, 0.15) is 0 Å². The van der Waals surface area contributed by atoms with Crippen LogP contribution in [0.5, 0.6) is 0 Å². The van der Waals surface area contributed by atoms with Gasteiger partial charge in [0.15, 0.2) is 0 Å². The monoisotopic (exact) mass is 253 g/mol. The predicted octanol–water partition coefficient (Wildman–Crippen LogP) is 3.74. The molecule has 2 heteroatoms. The van der Waals surface area contributed by atoms with Crippen molar-refractivity contribution in [1.82, 2.24) is 4.57 Å². The maximum atomic E-state index is 8.95. The van der Waals surface area contributed by atoms with Gasteiger partial charge in [-0.2, -0.15) is 0 Å². The summed E-state index contributed by atoms with van der Waals surface area (Å²) in [5.74, 6) is 0. The molecule has 0 aliphatic carbocycles. The zero-order chi connectivity index (χ0) is 13.2. The summed E-state index contributed by atoms with van der Waals surface area (Å²) in [5, 5.41) is 11.6. The number of aryl methyl sites for hydroxylation is 2. The van der Waals surface area contributed by atoms with Gasteiger partial charge in [0.25, 0.3) is 0 Å². The highest BCUT2D eigenvalue weighted by Crippen LogP contribution is 2.29. The molecule has 1 heterocycles. The average Bonchev–Trinajstić information content (AvgIpc) is 2.78. The molecule has 0 radical (unpaired) electrons. The van der Waals surface area contributed by atoms with E-state index in [2.05, 4.69) is 54.0 Å². The summed E-state index contributed by atoms with van der Waals surface area (Å²) in [5.41, 5.74) is 3.91. The Bertz CT molecular complexity index is 712. The molecule has 0 saturated heterocycles. The summed E-state index contributed by atoms with van der Waals surface area (Å²) >= 11 is 0. The van der Waals surface area contributed by atoms with Gasteiger partial charge in [-0.15, -0.1) is 0 Å². The minimum atomic E-state index is 0.259. The van der Waals surface area contributed by atoms with Crippen LogP contribution in [0.1, 0.15) is 18.9 Å². The predicted molar refractivity (Wildman–Crippen MR) is 80.5 cm³/mol. The van der Waals surface area contributed by atoms with Crippen LogP contribution in [0.25, 0.3) is 21.8 Å². The second kappa shape index (κ2) is 5.06. The van der Waals surface area contributed by atoms with Gasteiger partial charge >= 0.3 is 0 Å². The quantitative estimate of drug-likeness (QED) is 0.753. The molecule has 1 N–H and O–H groups in total. The molecule has 19 heavy (non-hydrogen) atoms. The van der Waals surface area contributed by atoms with E-state index in [0.717, 1.165) is 19.4 Å². The Labute approximate surface area is 113 Å². The minimum Gasteiger partial charge on any atom is -0.396 e. The molecule has 1 aromatic heterocycles. The first-order valence-corrected chi connectivity index (χ1v) is 6.96. The van der Waals surface area contributed by atoms with E-state index in [0.29, 0.717) is 0 Å². The van der Waals surface area contributed by atoms with Crippen LogP contribution in [0.4, 0.5) is 0 Å². The molecule has 0 aliphatic rings. The number of nitrogens with zero attached hydrogens (tertiary/aromatic N) is 1. The molecule has 3 rings (SSSR count). The third-order valence-corrected chi connectivity index (χ3v) is 3.78. The van der Waals surface area contributed by atoms with Crippen LogP contribution in [0.15, 0.2) is 42.5 Å². The van der Waals surface area contributed by atoms with Crippen molar-refractivity contribution in [2.24, 2.45) is 0 Å². The molecule has 0 saturated carbocycles. The first-order valence-electron chi connectivity index (χ1n) is 6.96. The third kappa shape index (κ3) is 2.02. The lowest BCUT2D eigenvalue weighted by molar-refractivity contribution is 0.288. The number of hydrogen-bond acceptors (Lipinski definition) is 1. The summed E-state index contributed by atoms with van der Waals surface area (Å²) in [6.07, 6.45) is 1.77. The van der Waals surface area contributed by atoms with Gasteiger partial charge in [-0.05, 0) is 43.5 Å². The molecule has 3 aromatic rings. The molecule has 0 atom stereocenters. The van der Waals surface area contributed by atoms with Crippen LogP contribution in [-0.4, -0.2) is 16.3 Å². The van der Waals surface area contributed by atoms with E-state index in [1.807, 2.05) is 0 Å². The van der Waals surface area contributed by atoms with Crippen molar-refractivity contribution < 1.29 is 5.11 Å². The van der Waals surface area contributed by atoms with Crippen LogP contribution in [0.3, 0.4) is 0 Å². The molecule has 2 nitrogen and oxygen atoms in total. The zero-order valence-electron chi connectivity index (χ0n) is 11.3. The Morgan fingerprint density at radius 2 is 1.79 bits per heavy atom. The molecule has 98 valence electrons. The molecule has 0 amide bonds.